The molecule has 0 spiro atoms. The molecule has 4 aromatic rings. The number of aromatic hydroxyl groups is 2. The van der Waals surface area contributed by atoms with Gasteiger partial charge in [-0.3, -0.25) is 4.79 Å². The molecule has 0 radical (unpaired) electrons. The number of carbonyl (C=O) groups excluding carboxylic acids is 1. The van der Waals surface area contributed by atoms with E-state index in [9.17, 15) is 24.9 Å². The lowest BCUT2D eigenvalue weighted by atomic mass is 9.89. The van der Waals surface area contributed by atoms with Crippen molar-refractivity contribution >= 4 is 33.3 Å². The number of fused-ring (bicyclic) bond motifs is 2. The molecule has 0 aliphatic heterocycles. The zero-order valence-electron chi connectivity index (χ0n) is 17.5. The molecule has 0 aliphatic carbocycles. The van der Waals surface area contributed by atoms with Gasteiger partial charge in [-0.2, -0.15) is 0 Å². The van der Waals surface area contributed by atoms with Crippen LogP contribution in [0.4, 0.5) is 0 Å². The van der Waals surface area contributed by atoms with Crippen LogP contribution in [0.3, 0.4) is 0 Å². The fraction of sp³-hybridized carbons (Fsp3) is 0.154. The lowest BCUT2D eigenvalue weighted by molar-refractivity contribution is 0.0693. The van der Waals surface area contributed by atoms with Crippen molar-refractivity contribution in [2.75, 3.05) is 0 Å². The molecule has 5 heteroatoms. The number of rotatable bonds is 4. The summed E-state index contributed by atoms with van der Waals surface area (Å²) in [5.41, 5.74) is 2.84. The van der Waals surface area contributed by atoms with E-state index in [0.717, 1.165) is 21.9 Å². The third-order valence-electron chi connectivity index (χ3n) is 5.71. The van der Waals surface area contributed by atoms with Gasteiger partial charge in [0.1, 0.15) is 17.1 Å². The Balaban J connectivity index is 2.06. The summed E-state index contributed by atoms with van der Waals surface area (Å²) in [4.78, 5) is 23.9. The lowest BCUT2D eigenvalue weighted by Crippen LogP contribution is -2.03. The van der Waals surface area contributed by atoms with Crippen LogP contribution in [0, 0.1) is 13.8 Å². The number of phenolic OH excluding ortho intramolecular Hbond substituents is 1. The standard InChI is InChI=1S/C26H22O5/c1-13-4-6-18-16(8-13)10-20(15(3)27)24(28)21(18)12-22-19-7-5-14(2)9-17(19)11-23(25(22)29)26(30)31/h4-11,28-29H,12H2,1-3H3,(H,30,31). The van der Waals surface area contributed by atoms with E-state index >= 15 is 0 Å². The number of aryl methyl sites for hydroxylation is 2. The van der Waals surface area contributed by atoms with E-state index in [1.165, 1.54) is 13.0 Å². The second kappa shape index (κ2) is 7.43. The van der Waals surface area contributed by atoms with Gasteiger partial charge in [0.25, 0.3) is 0 Å². The summed E-state index contributed by atoms with van der Waals surface area (Å²) in [6, 6.07) is 14.4. The normalized spacial score (nSPS) is 11.2. The average Bonchev–Trinajstić information content (AvgIpc) is 2.70. The first-order chi connectivity index (χ1) is 14.7. The summed E-state index contributed by atoms with van der Waals surface area (Å²) in [6.07, 6.45) is 0.0685. The summed E-state index contributed by atoms with van der Waals surface area (Å²) in [5.74, 6) is -1.99. The maximum Gasteiger partial charge on any atom is 0.339 e. The van der Waals surface area contributed by atoms with Gasteiger partial charge in [0.15, 0.2) is 5.78 Å². The lowest BCUT2D eigenvalue weighted by Gasteiger charge is -2.17. The number of phenols is 2. The predicted molar refractivity (Wildman–Crippen MR) is 120 cm³/mol. The zero-order valence-corrected chi connectivity index (χ0v) is 17.5. The van der Waals surface area contributed by atoms with Crippen LogP contribution in [-0.4, -0.2) is 27.1 Å². The Labute approximate surface area is 179 Å². The molecule has 0 fully saturated rings. The van der Waals surface area contributed by atoms with Crippen LogP contribution in [0.2, 0.25) is 0 Å². The molecule has 0 saturated carbocycles. The Morgan fingerprint density at radius 2 is 1.19 bits per heavy atom. The first kappa shape index (κ1) is 20.4. The molecule has 0 amide bonds. The first-order valence-electron chi connectivity index (χ1n) is 9.92. The molecule has 3 N–H and O–H groups in total. The first-order valence-corrected chi connectivity index (χ1v) is 9.92. The monoisotopic (exact) mass is 414 g/mol. The van der Waals surface area contributed by atoms with Gasteiger partial charge in [-0.15, -0.1) is 0 Å². The van der Waals surface area contributed by atoms with Crippen LogP contribution in [-0.2, 0) is 6.42 Å². The van der Waals surface area contributed by atoms with E-state index in [1.54, 1.807) is 6.07 Å². The highest BCUT2D eigenvalue weighted by Gasteiger charge is 2.22. The van der Waals surface area contributed by atoms with Crippen molar-refractivity contribution in [3.05, 3.63) is 81.9 Å². The maximum atomic E-state index is 12.2. The molecule has 4 aromatic carbocycles. The summed E-state index contributed by atoms with van der Waals surface area (Å²) in [5, 5.41) is 34.3. The number of carboxylic acids is 1. The molecule has 0 saturated heterocycles. The van der Waals surface area contributed by atoms with Crippen molar-refractivity contribution in [3.8, 4) is 11.5 Å². The number of hydrogen-bond donors (Lipinski definition) is 3. The highest BCUT2D eigenvalue weighted by atomic mass is 16.4. The van der Waals surface area contributed by atoms with Crippen LogP contribution in [0.5, 0.6) is 11.5 Å². The second-order valence-corrected chi connectivity index (χ2v) is 7.99. The van der Waals surface area contributed by atoms with Crippen LogP contribution < -0.4 is 0 Å². The van der Waals surface area contributed by atoms with Crippen LogP contribution >= 0.6 is 0 Å². The zero-order chi connectivity index (χ0) is 22.4. The van der Waals surface area contributed by atoms with Gasteiger partial charge in [-0.05, 0) is 54.4 Å². The molecule has 4 rings (SSSR count). The molecular formula is C26H22O5. The van der Waals surface area contributed by atoms with Crippen LogP contribution in [0.1, 0.15) is 49.9 Å². The van der Waals surface area contributed by atoms with Crippen molar-refractivity contribution in [1.29, 1.82) is 0 Å². The van der Waals surface area contributed by atoms with Crippen LogP contribution in [0.15, 0.2) is 48.5 Å². The summed E-state index contributed by atoms with van der Waals surface area (Å²) in [7, 11) is 0. The number of ketones is 1. The molecule has 0 aromatic heterocycles. The minimum atomic E-state index is -1.23. The van der Waals surface area contributed by atoms with E-state index < -0.39 is 5.97 Å². The van der Waals surface area contributed by atoms with E-state index in [4.69, 9.17) is 0 Å². The van der Waals surface area contributed by atoms with Gasteiger partial charge in [0, 0.05) is 17.5 Å². The van der Waals surface area contributed by atoms with Gasteiger partial charge in [-0.25, -0.2) is 4.79 Å². The highest BCUT2D eigenvalue weighted by Crippen LogP contribution is 2.39. The number of benzene rings is 4. The van der Waals surface area contributed by atoms with Crippen molar-refractivity contribution < 1.29 is 24.9 Å². The van der Waals surface area contributed by atoms with Crippen molar-refractivity contribution in [2.45, 2.75) is 27.2 Å². The molecule has 0 bridgehead atoms. The Morgan fingerprint density at radius 3 is 1.65 bits per heavy atom. The molecule has 0 atom stereocenters. The van der Waals surface area contributed by atoms with Gasteiger partial charge in [0.2, 0.25) is 0 Å². The maximum absolute atomic E-state index is 12.2. The quantitative estimate of drug-likeness (QED) is 0.383. The smallest absolute Gasteiger partial charge is 0.339 e. The Bertz CT molecular complexity index is 1290. The van der Waals surface area contributed by atoms with Crippen molar-refractivity contribution in [2.24, 2.45) is 0 Å². The molecule has 0 aliphatic rings. The number of Topliss-reactive ketones (excluding diaryl/α,β-unsaturated/α-hetero) is 1. The van der Waals surface area contributed by atoms with Crippen LogP contribution in [0.25, 0.3) is 21.5 Å². The summed E-state index contributed by atoms with van der Waals surface area (Å²) in [6.45, 7) is 5.24. The molecule has 31 heavy (non-hydrogen) atoms. The highest BCUT2D eigenvalue weighted by molar-refractivity contribution is 6.04. The predicted octanol–water partition coefficient (Wildman–Crippen LogP) is 5.51. The van der Waals surface area contributed by atoms with E-state index in [0.29, 0.717) is 21.9 Å². The Hall–Kier alpha value is -3.86. The fourth-order valence-electron chi connectivity index (χ4n) is 4.15. The largest absolute Gasteiger partial charge is 0.507 e. The Morgan fingerprint density at radius 1 is 0.742 bits per heavy atom. The minimum absolute atomic E-state index is 0.0685. The van der Waals surface area contributed by atoms with Gasteiger partial charge in [0.05, 0.1) is 5.56 Å². The molecule has 0 unspecified atom stereocenters. The fourth-order valence-corrected chi connectivity index (χ4v) is 4.15. The van der Waals surface area contributed by atoms with E-state index in [1.807, 2.05) is 50.2 Å². The Kier molecular flexibility index (Phi) is 4.90. The van der Waals surface area contributed by atoms with E-state index in [-0.39, 0.29) is 34.8 Å². The molecule has 0 heterocycles. The number of aromatic carboxylic acids is 1. The molecular weight excluding hydrogens is 392 g/mol. The third-order valence-corrected chi connectivity index (χ3v) is 5.71. The summed E-state index contributed by atoms with van der Waals surface area (Å²) >= 11 is 0. The number of carbonyl (C=O) groups is 2. The van der Waals surface area contributed by atoms with Gasteiger partial charge >= 0.3 is 5.97 Å². The van der Waals surface area contributed by atoms with Gasteiger partial charge in [-0.1, -0.05) is 47.5 Å². The second-order valence-electron chi connectivity index (χ2n) is 7.99. The average molecular weight is 414 g/mol. The minimum Gasteiger partial charge on any atom is -0.507 e. The molecule has 156 valence electrons. The number of carboxylic acid groups (broad SMARTS) is 1. The SMILES string of the molecule is CC(=O)c1cc2cc(C)ccc2c(Cc2c(O)c(C(=O)O)cc3cc(C)ccc23)c1O. The van der Waals surface area contributed by atoms with Crippen molar-refractivity contribution in [3.63, 3.8) is 0 Å². The number of hydrogen-bond acceptors (Lipinski definition) is 4. The topological polar surface area (TPSA) is 94.8 Å². The summed E-state index contributed by atoms with van der Waals surface area (Å²) < 4.78 is 0. The van der Waals surface area contributed by atoms with Gasteiger partial charge < -0.3 is 15.3 Å². The molecule has 5 nitrogen and oxygen atoms in total. The van der Waals surface area contributed by atoms with Crippen molar-refractivity contribution in [1.82, 2.24) is 0 Å². The van der Waals surface area contributed by atoms with E-state index in [2.05, 4.69) is 0 Å². The third kappa shape index (κ3) is 3.48.